The van der Waals surface area contributed by atoms with Gasteiger partial charge < -0.3 is 20.1 Å². The van der Waals surface area contributed by atoms with Gasteiger partial charge in [0.25, 0.3) is 5.19 Å². The van der Waals surface area contributed by atoms with E-state index in [9.17, 15) is 4.79 Å². The van der Waals surface area contributed by atoms with Crippen molar-refractivity contribution in [3.05, 3.63) is 70.7 Å². The largest absolute Gasteiger partial charge is 0.485 e. The molecule has 3 heterocycles. The second-order valence-electron chi connectivity index (χ2n) is 7.89. The van der Waals surface area contributed by atoms with Gasteiger partial charge in [0.05, 0.1) is 12.6 Å². The SMILES string of the molecule is Cl.O=C(NCc1cnc(Oc2ccc3c(c2)CCC(c2ccccc2)O3)s1)[C@@H]1CCCN1. The molecule has 8 heteroatoms. The molecule has 3 aromatic rings. The summed E-state index contributed by atoms with van der Waals surface area (Å²) in [5, 5.41) is 6.75. The third kappa shape index (κ3) is 5.23. The fourth-order valence-electron chi connectivity index (χ4n) is 4.06. The number of hydrogen-bond donors (Lipinski definition) is 2. The molecule has 1 fully saturated rings. The van der Waals surface area contributed by atoms with Crippen LogP contribution < -0.4 is 20.1 Å². The van der Waals surface area contributed by atoms with Crippen LogP contribution in [0.2, 0.25) is 0 Å². The molecule has 32 heavy (non-hydrogen) atoms. The fraction of sp³-hybridized carbons (Fsp3) is 0.333. The molecule has 2 aliphatic heterocycles. The molecule has 0 bridgehead atoms. The van der Waals surface area contributed by atoms with E-state index < -0.39 is 0 Å². The van der Waals surface area contributed by atoms with Crippen molar-refractivity contribution in [2.75, 3.05) is 6.54 Å². The molecule has 0 aliphatic carbocycles. The smallest absolute Gasteiger partial charge is 0.278 e. The number of aromatic nitrogens is 1. The number of halogens is 1. The number of aryl methyl sites for hydroxylation is 1. The van der Waals surface area contributed by atoms with Crippen LogP contribution in [-0.4, -0.2) is 23.5 Å². The van der Waals surface area contributed by atoms with Gasteiger partial charge in [-0.15, -0.1) is 12.4 Å². The molecule has 0 spiro atoms. The first-order chi connectivity index (χ1) is 15.2. The van der Waals surface area contributed by atoms with Gasteiger partial charge in [0.2, 0.25) is 5.91 Å². The molecule has 2 N–H and O–H groups in total. The highest BCUT2D eigenvalue weighted by Gasteiger charge is 2.23. The van der Waals surface area contributed by atoms with E-state index in [1.54, 1.807) is 6.20 Å². The van der Waals surface area contributed by atoms with Crippen LogP contribution in [0, 0.1) is 0 Å². The zero-order valence-electron chi connectivity index (χ0n) is 17.6. The first-order valence-corrected chi connectivity index (χ1v) is 11.5. The zero-order valence-corrected chi connectivity index (χ0v) is 19.2. The fourth-order valence-corrected chi connectivity index (χ4v) is 4.77. The lowest BCUT2D eigenvalue weighted by Gasteiger charge is -2.26. The highest BCUT2D eigenvalue weighted by Crippen LogP contribution is 2.38. The number of nitrogens with one attached hydrogen (secondary N) is 2. The predicted molar refractivity (Wildman–Crippen MR) is 127 cm³/mol. The summed E-state index contributed by atoms with van der Waals surface area (Å²) in [4.78, 5) is 17.4. The van der Waals surface area contributed by atoms with Crippen molar-refractivity contribution in [3.63, 3.8) is 0 Å². The molecule has 0 radical (unpaired) electrons. The second kappa shape index (κ2) is 10.3. The van der Waals surface area contributed by atoms with E-state index >= 15 is 0 Å². The Morgan fingerprint density at radius 1 is 1.22 bits per heavy atom. The number of thiazole rings is 1. The molecule has 2 aliphatic rings. The number of benzene rings is 2. The molecular weight excluding hydrogens is 446 g/mol. The van der Waals surface area contributed by atoms with Gasteiger partial charge in [-0.05, 0) is 61.6 Å². The van der Waals surface area contributed by atoms with Gasteiger partial charge in [-0.2, -0.15) is 0 Å². The minimum absolute atomic E-state index is 0. The number of carbonyl (C=O) groups is 1. The Labute approximate surface area is 197 Å². The maximum absolute atomic E-state index is 12.1. The molecule has 1 aromatic heterocycles. The monoisotopic (exact) mass is 471 g/mol. The molecular formula is C24H26ClN3O3S. The van der Waals surface area contributed by atoms with Gasteiger partial charge >= 0.3 is 0 Å². The molecule has 1 amide bonds. The Balaban J connectivity index is 0.00000245. The molecule has 6 nitrogen and oxygen atoms in total. The van der Waals surface area contributed by atoms with Crippen molar-refractivity contribution in [2.45, 2.75) is 44.4 Å². The number of rotatable bonds is 6. The molecule has 1 unspecified atom stereocenters. The Kier molecular flexibility index (Phi) is 7.29. The third-order valence-corrected chi connectivity index (χ3v) is 6.57. The summed E-state index contributed by atoms with van der Waals surface area (Å²) in [7, 11) is 0. The Morgan fingerprint density at radius 3 is 2.91 bits per heavy atom. The minimum atomic E-state index is -0.0668. The van der Waals surface area contributed by atoms with Gasteiger partial charge in [0.15, 0.2) is 0 Å². The van der Waals surface area contributed by atoms with Crippen LogP contribution in [-0.2, 0) is 17.8 Å². The van der Waals surface area contributed by atoms with Crippen LogP contribution >= 0.6 is 23.7 Å². The van der Waals surface area contributed by atoms with E-state index in [0.29, 0.717) is 11.7 Å². The molecule has 5 rings (SSSR count). The van der Waals surface area contributed by atoms with E-state index in [4.69, 9.17) is 9.47 Å². The van der Waals surface area contributed by atoms with E-state index in [1.165, 1.54) is 16.9 Å². The number of ether oxygens (including phenoxy) is 2. The highest BCUT2D eigenvalue weighted by atomic mass is 35.5. The average molecular weight is 472 g/mol. The summed E-state index contributed by atoms with van der Waals surface area (Å²) in [6, 6.07) is 16.2. The minimum Gasteiger partial charge on any atom is -0.485 e. The number of nitrogens with zero attached hydrogens (tertiary/aromatic N) is 1. The maximum Gasteiger partial charge on any atom is 0.278 e. The van der Waals surface area contributed by atoms with Gasteiger partial charge in [0.1, 0.15) is 17.6 Å². The second-order valence-corrected chi connectivity index (χ2v) is 8.96. The molecule has 2 aromatic carbocycles. The summed E-state index contributed by atoms with van der Waals surface area (Å²) in [6.45, 7) is 1.38. The standard InChI is InChI=1S/C24H25N3O3S.ClH/c28-23(20-7-4-12-25-20)26-14-19-15-27-24(31-19)29-18-9-11-22-17(13-18)8-10-21(30-22)16-5-2-1-3-6-16;/h1-3,5-6,9,11,13,15,20-21,25H,4,7-8,10,12,14H2,(H,26,28);1H/t20-,21?;/m0./s1. The van der Waals surface area contributed by atoms with Crippen LogP contribution in [0.1, 0.15) is 41.4 Å². The van der Waals surface area contributed by atoms with Crippen LogP contribution in [0.4, 0.5) is 0 Å². The lowest BCUT2D eigenvalue weighted by atomic mass is 9.97. The van der Waals surface area contributed by atoms with Crippen molar-refractivity contribution < 1.29 is 14.3 Å². The maximum atomic E-state index is 12.1. The zero-order chi connectivity index (χ0) is 21.0. The van der Waals surface area contributed by atoms with Gasteiger partial charge in [0, 0.05) is 11.1 Å². The Bertz CT molecular complexity index is 1050. The molecule has 168 valence electrons. The number of fused-ring (bicyclic) bond motifs is 1. The summed E-state index contributed by atoms with van der Waals surface area (Å²) in [5.41, 5.74) is 2.36. The van der Waals surface area contributed by atoms with Crippen molar-refractivity contribution in [1.82, 2.24) is 15.6 Å². The van der Waals surface area contributed by atoms with Crippen molar-refractivity contribution >= 4 is 29.7 Å². The first-order valence-electron chi connectivity index (χ1n) is 10.7. The van der Waals surface area contributed by atoms with Crippen molar-refractivity contribution in [2.24, 2.45) is 0 Å². The summed E-state index contributed by atoms with van der Waals surface area (Å²) >= 11 is 1.45. The van der Waals surface area contributed by atoms with Crippen LogP contribution in [0.3, 0.4) is 0 Å². The van der Waals surface area contributed by atoms with Gasteiger partial charge in [-0.1, -0.05) is 41.7 Å². The summed E-state index contributed by atoms with van der Waals surface area (Å²) in [5.74, 6) is 1.72. The average Bonchev–Trinajstić information content (AvgIpc) is 3.50. The Morgan fingerprint density at radius 2 is 2.09 bits per heavy atom. The number of hydrogen-bond acceptors (Lipinski definition) is 6. The quantitative estimate of drug-likeness (QED) is 0.540. The van der Waals surface area contributed by atoms with Crippen molar-refractivity contribution in [3.8, 4) is 16.7 Å². The molecule has 2 atom stereocenters. The normalized spacial score (nSPS) is 19.4. The Hall–Kier alpha value is -2.61. The summed E-state index contributed by atoms with van der Waals surface area (Å²) < 4.78 is 12.2. The molecule has 0 saturated carbocycles. The lowest BCUT2D eigenvalue weighted by molar-refractivity contribution is -0.122. The highest BCUT2D eigenvalue weighted by molar-refractivity contribution is 7.13. The van der Waals surface area contributed by atoms with E-state index in [0.717, 1.165) is 54.2 Å². The van der Waals surface area contributed by atoms with E-state index in [-0.39, 0.29) is 30.5 Å². The first kappa shape index (κ1) is 22.6. The van der Waals surface area contributed by atoms with Gasteiger partial charge in [-0.25, -0.2) is 4.98 Å². The number of amides is 1. The number of carbonyl (C=O) groups excluding carboxylic acids is 1. The van der Waals surface area contributed by atoms with Crippen LogP contribution in [0.15, 0.2) is 54.7 Å². The lowest BCUT2D eigenvalue weighted by Crippen LogP contribution is -2.39. The van der Waals surface area contributed by atoms with E-state index in [2.05, 4.69) is 27.8 Å². The topological polar surface area (TPSA) is 72.5 Å². The van der Waals surface area contributed by atoms with Crippen molar-refractivity contribution in [1.29, 1.82) is 0 Å². The summed E-state index contributed by atoms with van der Waals surface area (Å²) in [6.07, 6.45) is 5.69. The van der Waals surface area contributed by atoms with Gasteiger partial charge in [-0.3, -0.25) is 4.79 Å². The third-order valence-electron chi connectivity index (χ3n) is 5.70. The molecule has 1 saturated heterocycles. The van der Waals surface area contributed by atoms with Crippen LogP contribution in [0.5, 0.6) is 16.7 Å². The predicted octanol–water partition coefficient (Wildman–Crippen LogP) is 4.79. The van der Waals surface area contributed by atoms with Crippen LogP contribution in [0.25, 0.3) is 0 Å². The van der Waals surface area contributed by atoms with E-state index in [1.807, 2.05) is 36.4 Å².